The van der Waals surface area contributed by atoms with Crippen LogP contribution in [0.25, 0.3) is 0 Å². The summed E-state index contributed by atoms with van der Waals surface area (Å²) in [6, 6.07) is 6.71. The lowest BCUT2D eigenvalue weighted by molar-refractivity contribution is -0.146. The molecule has 4 heteroatoms. The Kier molecular flexibility index (Phi) is 6.05. The summed E-state index contributed by atoms with van der Waals surface area (Å²) in [4.78, 5) is 11.6. The molecule has 0 aromatic heterocycles. The van der Waals surface area contributed by atoms with E-state index in [4.69, 9.17) is 9.47 Å². The maximum atomic E-state index is 11.6. The van der Waals surface area contributed by atoms with Gasteiger partial charge in [-0.3, -0.25) is 0 Å². The number of unbranched alkanes of at least 4 members (excludes halogenated alkanes) is 1. The van der Waals surface area contributed by atoms with E-state index in [1.165, 1.54) is 12.8 Å². The molecule has 0 radical (unpaired) electrons. The van der Waals surface area contributed by atoms with E-state index in [1.807, 2.05) is 25.1 Å². The van der Waals surface area contributed by atoms with Crippen molar-refractivity contribution in [1.82, 2.24) is 5.32 Å². The number of hydrogen-bond donors (Lipinski definition) is 1. The van der Waals surface area contributed by atoms with Crippen LogP contribution in [0.2, 0.25) is 0 Å². The fraction of sp³-hybridized carbons (Fsp3) is 0.588. The SMILES string of the molecule is CCCCOC(=O)COc1c(C)cccc1CNC1CC1. The van der Waals surface area contributed by atoms with Crippen molar-refractivity contribution in [3.8, 4) is 5.75 Å². The van der Waals surface area contributed by atoms with Crippen LogP contribution in [0.4, 0.5) is 0 Å². The number of rotatable bonds is 9. The molecule has 21 heavy (non-hydrogen) atoms. The number of para-hydroxylation sites is 1. The lowest BCUT2D eigenvalue weighted by Crippen LogP contribution is -2.19. The minimum atomic E-state index is -0.298. The van der Waals surface area contributed by atoms with E-state index in [9.17, 15) is 4.79 Å². The predicted octanol–water partition coefficient (Wildman–Crippen LogP) is 2.97. The molecule has 0 aliphatic heterocycles. The summed E-state index contributed by atoms with van der Waals surface area (Å²) in [5, 5.41) is 3.47. The summed E-state index contributed by atoms with van der Waals surface area (Å²) in [6.45, 7) is 5.30. The second-order valence-electron chi connectivity index (χ2n) is 5.58. The highest BCUT2D eigenvalue weighted by molar-refractivity contribution is 5.71. The van der Waals surface area contributed by atoms with Gasteiger partial charge < -0.3 is 14.8 Å². The second-order valence-corrected chi connectivity index (χ2v) is 5.58. The van der Waals surface area contributed by atoms with E-state index in [-0.39, 0.29) is 12.6 Å². The topological polar surface area (TPSA) is 47.6 Å². The Hall–Kier alpha value is -1.55. The Morgan fingerprint density at radius 2 is 2.19 bits per heavy atom. The van der Waals surface area contributed by atoms with Gasteiger partial charge in [-0.15, -0.1) is 0 Å². The normalized spacial score (nSPS) is 14.0. The van der Waals surface area contributed by atoms with Crippen LogP contribution in [0.5, 0.6) is 5.75 Å². The number of benzene rings is 1. The first-order chi connectivity index (χ1) is 10.2. The van der Waals surface area contributed by atoms with Gasteiger partial charge in [0.1, 0.15) is 5.75 Å². The molecule has 4 nitrogen and oxygen atoms in total. The third-order valence-corrected chi connectivity index (χ3v) is 3.55. The van der Waals surface area contributed by atoms with Crippen molar-refractivity contribution in [2.75, 3.05) is 13.2 Å². The molecular weight excluding hydrogens is 266 g/mol. The molecule has 0 heterocycles. The van der Waals surface area contributed by atoms with Crippen LogP contribution < -0.4 is 10.1 Å². The van der Waals surface area contributed by atoms with Crippen molar-refractivity contribution in [3.05, 3.63) is 29.3 Å². The lowest BCUT2D eigenvalue weighted by atomic mass is 10.1. The third-order valence-electron chi connectivity index (χ3n) is 3.55. The zero-order valence-electron chi connectivity index (χ0n) is 13.0. The minimum Gasteiger partial charge on any atom is -0.481 e. The molecule has 0 atom stereocenters. The van der Waals surface area contributed by atoms with Gasteiger partial charge in [0, 0.05) is 18.2 Å². The maximum absolute atomic E-state index is 11.6. The van der Waals surface area contributed by atoms with Gasteiger partial charge >= 0.3 is 5.97 Å². The molecule has 1 aromatic carbocycles. The quantitative estimate of drug-likeness (QED) is 0.561. The van der Waals surface area contributed by atoms with Crippen molar-refractivity contribution >= 4 is 5.97 Å². The molecule has 0 amide bonds. The zero-order chi connectivity index (χ0) is 15.1. The molecule has 0 bridgehead atoms. The molecule has 1 aliphatic rings. The number of aryl methyl sites for hydroxylation is 1. The number of esters is 1. The Morgan fingerprint density at radius 1 is 1.38 bits per heavy atom. The van der Waals surface area contributed by atoms with Gasteiger partial charge in [0.15, 0.2) is 6.61 Å². The van der Waals surface area contributed by atoms with Gasteiger partial charge in [0.05, 0.1) is 6.61 Å². The minimum absolute atomic E-state index is 0.0228. The largest absolute Gasteiger partial charge is 0.481 e. The molecule has 1 N–H and O–H groups in total. The Labute approximate surface area is 126 Å². The van der Waals surface area contributed by atoms with Crippen LogP contribution in [-0.2, 0) is 16.1 Å². The number of carbonyl (C=O) groups is 1. The highest BCUT2D eigenvalue weighted by Crippen LogP contribution is 2.25. The first kappa shape index (κ1) is 15.8. The molecule has 1 aliphatic carbocycles. The monoisotopic (exact) mass is 291 g/mol. The van der Waals surface area contributed by atoms with Crippen LogP contribution >= 0.6 is 0 Å². The zero-order valence-corrected chi connectivity index (χ0v) is 13.0. The number of hydrogen-bond acceptors (Lipinski definition) is 4. The van der Waals surface area contributed by atoms with Crippen molar-refractivity contribution in [1.29, 1.82) is 0 Å². The van der Waals surface area contributed by atoms with E-state index >= 15 is 0 Å². The Bertz CT molecular complexity index is 469. The third kappa shape index (κ3) is 5.38. The Balaban J connectivity index is 1.86. The summed E-state index contributed by atoms with van der Waals surface area (Å²) in [6.07, 6.45) is 4.42. The average Bonchev–Trinajstić information content (AvgIpc) is 3.28. The van der Waals surface area contributed by atoms with Gasteiger partial charge in [-0.2, -0.15) is 0 Å². The van der Waals surface area contributed by atoms with E-state index < -0.39 is 0 Å². The summed E-state index contributed by atoms with van der Waals surface area (Å²) in [5.74, 6) is 0.505. The maximum Gasteiger partial charge on any atom is 0.344 e. The fourth-order valence-electron chi connectivity index (χ4n) is 2.10. The molecule has 2 rings (SSSR count). The van der Waals surface area contributed by atoms with Crippen molar-refractivity contribution in [2.45, 2.75) is 52.1 Å². The smallest absolute Gasteiger partial charge is 0.344 e. The Morgan fingerprint density at radius 3 is 2.90 bits per heavy atom. The summed E-state index contributed by atoms with van der Waals surface area (Å²) in [7, 11) is 0. The molecule has 0 spiro atoms. The van der Waals surface area contributed by atoms with Crippen molar-refractivity contribution in [2.24, 2.45) is 0 Å². The molecule has 1 fully saturated rings. The van der Waals surface area contributed by atoms with Crippen LogP contribution in [0.15, 0.2) is 18.2 Å². The van der Waals surface area contributed by atoms with Crippen LogP contribution in [0.3, 0.4) is 0 Å². The van der Waals surface area contributed by atoms with E-state index in [1.54, 1.807) is 0 Å². The fourth-order valence-corrected chi connectivity index (χ4v) is 2.10. The summed E-state index contributed by atoms with van der Waals surface area (Å²) >= 11 is 0. The first-order valence-electron chi connectivity index (χ1n) is 7.81. The van der Waals surface area contributed by atoms with Gasteiger partial charge in [-0.25, -0.2) is 4.79 Å². The van der Waals surface area contributed by atoms with Gasteiger partial charge in [0.25, 0.3) is 0 Å². The molecule has 1 aromatic rings. The van der Waals surface area contributed by atoms with Crippen LogP contribution in [0.1, 0.15) is 43.7 Å². The first-order valence-corrected chi connectivity index (χ1v) is 7.81. The van der Waals surface area contributed by atoms with Crippen LogP contribution in [0, 0.1) is 6.92 Å². The number of ether oxygens (including phenoxy) is 2. The van der Waals surface area contributed by atoms with E-state index in [2.05, 4.69) is 12.2 Å². The predicted molar refractivity (Wildman–Crippen MR) is 82.4 cm³/mol. The van der Waals surface area contributed by atoms with Gasteiger partial charge in [0.2, 0.25) is 0 Å². The summed E-state index contributed by atoms with van der Waals surface area (Å²) < 4.78 is 10.8. The van der Waals surface area contributed by atoms with E-state index in [0.717, 1.165) is 36.3 Å². The van der Waals surface area contributed by atoms with Crippen molar-refractivity contribution < 1.29 is 14.3 Å². The van der Waals surface area contributed by atoms with E-state index in [0.29, 0.717) is 12.6 Å². The molecular formula is C17H25NO3. The molecule has 0 unspecified atom stereocenters. The van der Waals surface area contributed by atoms with Gasteiger partial charge in [-0.05, 0) is 31.7 Å². The van der Waals surface area contributed by atoms with Crippen molar-refractivity contribution in [3.63, 3.8) is 0 Å². The number of carbonyl (C=O) groups excluding carboxylic acids is 1. The highest BCUT2D eigenvalue weighted by Gasteiger charge is 2.21. The van der Waals surface area contributed by atoms with Crippen LogP contribution in [-0.4, -0.2) is 25.2 Å². The highest BCUT2D eigenvalue weighted by atomic mass is 16.6. The second kappa shape index (κ2) is 8.03. The lowest BCUT2D eigenvalue weighted by Gasteiger charge is -2.14. The molecule has 116 valence electrons. The van der Waals surface area contributed by atoms with Gasteiger partial charge in [-0.1, -0.05) is 31.5 Å². The summed E-state index contributed by atoms with van der Waals surface area (Å²) in [5.41, 5.74) is 2.15. The number of nitrogens with one attached hydrogen (secondary N) is 1. The molecule has 0 saturated heterocycles. The standard InChI is InChI=1S/C17H25NO3/c1-3-4-10-20-16(19)12-21-17-13(2)6-5-7-14(17)11-18-15-8-9-15/h5-7,15,18H,3-4,8-12H2,1-2H3. The average molecular weight is 291 g/mol. The molecule has 1 saturated carbocycles.